The highest BCUT2D eigenvalue weighted by Gasteiger charge is 2.29. The molecule has 0 aliphatic heterocycles. The van der Waals surface area contributed by atoms with Crippen LogP contribution >= 0.6 is 15.9 Å². The van der Waals surface area contributed by atoms with E-state index in [4.69, 9.17) is 0 Å². The number of hydrogen-bond acceptors (Lipinski definition) is 2. The maximum Gasteiger partial charge on any atom is 0.326 e. The lowest BCUT2D eigenvalue weighted by molar-refractivity contribution is -0.139. The van der Waals surface area contributed by atoms with Crippen molar-refractivity contribution in [3.8, 4) is 0 Å². The zero-order valence-corrected chi connectivity index (χ0v) is 13.2. The van der Waals surface area contributed by atoms with E-state index < -0.39 is 12.0 Å². The van der Waals surface area contributed by atoms with Gasteiger partial charge in [0.2, 0.25) is 0 Å². The Balaban J connectivity index is 2.12. The van der Waals surface area contributed by atoms with Crippen molar-refractivity contribution in [3.63, 3.8) is 0 Å². The minimum atomic E-state index is -0.990. The number of aromatic nitrogens is 1. The normalized spacial score (nSPS) is 16.2. The van der Waals surface area contributed by atoms with Gasteiger partial charge in [0, 0.05) is 16.7 Å². The molecule has 1 amide bonds. The molecule has 1 atom stereocenters. The summed E-state index contributed by atoms with van der Waals surface area (Å²) in [7, 11) is 0. The van der Waals surface area contributed by atoms with Gasteiger partial charge in [0.15, 0.2) is 0 Å². The summed E-state index contributed by atoms with van der Waals surface area (Å²) >= 11 is 3.37. The lowest BCUT2D eigenvalue weighted by atomic mass is 10.0. The van der Waals surface area contributed by atoms with Crippen LogP contribution in [0.15, 0.2) is 16.7 Å². The number of halogens is 1. The molecule has 0 radical (unpaired) electrons. The Bertz CT molecular complexity index is 520. The summed E-state index contributed by atoms with van der Waals surface area (Å²) in [5, 5.41) is 11.8. The second kappa shape index (κ2) is 5.99. The molecule has 1 unspecified atom stereocenters. The lowest BCUT2D eigenvalue weighted by Crippen LogP contribution is -2.42. The van der Waals surface area contributed by atoms with Crippen LogP contribution in [0.5, 0.6) is 0 Å². The molecule has 2 rings (SSSR count). The first-order valence-electron chi connectivity index (χ1n) is 6.79. The first-order valence-corrected chi connectivity index (χ1v) is 7.58. The summed E-state index contributed by atoms with van der Waals surface area (Å²) in [5.74, 6) is -1.11. The highest BCUT2D eigenvalue weighted by molar-refractivity contribution is 9.10. The van der Waals surface area contributed by atoms with Gasteiger partial charge < -0.3 is 15.0 Å². The molecule has 6 heteroatoms. The zero-order chi connectivity index (χ0) is 14.9. The van der Waals surface area contributed by atoms with Crippen molar-refractivity contribution >= 4 is 27.8 Å². The van der Waals surface area contributed by atoms with Crippen LogP contribution in [0.2, 0.25) is 0 Å². The largest absolute Gasteiger partial charge is 0.480 e. The van der Waals surface area contributed by atoms with Crippen LogP contribution in [0.1, 0.15) is 49.6 Å². The second-order valence-corrected chi connectivity index (χ2v) is 6.59. The topological polar surface area (TPSA) is 71.3 Å². The number of carbonyl (C=O) groups excluding carboxylic acids is 1. The van der Waals surface area contributed by atoms with Crippen LogP contribution in [0.25, 0.3) is 0 Å². The number of nitrogens with zero attached hydrogens (tertiary/aromatic N) is 1. The van der Waals surface area contributed by atoms with Crippen molar-refractivity contribution in [2.24, 2.45) is 5.92 Å². The number of aliphatic carboxylic acids is 1. The smallest absolute Gasteiger partial charge is 0.326 e. The lowest BCUT2D eigenvalue weighted by Gasteiger charge is -2.17. The van der Waals surface area contributed by atoms with Crippen LogP contribution in [-0.4, -0.2) is 27.6 Å². The fourth-order valence-electron chi connectivity index (χ4n) is 2.21. The molecule has 0 aromatic carbocycles. The second-order valence-electron chi connectivity index (χ2n) is 5.68. The van der Waals surface area contributed by atoms with Gasteiger partial charge in [-0.05, 0) is 47.2 Å². The first kappa shape index (κ1) is 15.1. The molecular weight excluding hydrogens is 324 g/mol. The molecule has 20 heavy (non-hydrogen) atoms. The molecule has 1 aliphatic rings. The summed E-state index contributed by atoms with van der Waals surface area (Å²) in [5.41, 5.74) is 0.523. The zero-order valence-electron chi connectivity index (χ0n) is 11.6. The number of carbonyl (C=O) groups is 2. The quantitative estimate of drug-likeness (QED) is 0.834. The predicted molar refractivity (Wildman–Crippen MR) is 78.7 cm³/mol. The summed E-state index contributed by atoms with van der Waals surface area (Å²) in [6.45, 7) is 3.87. The molecule has 5 nitrogen and oxygen atoms in total. The first-order chi connectivity index (χ1) is 9.38. The molecule has 110 valence electrons. The van der Waals surface area contributed by atoms with Gasteiger partial charge >= 0.3 is 5.97 Å². The van der Waals surface area contributed by atoms with E-state index in [2.05, 4.69) is 21.2 Å². The minimum absolute atomic E-state index is 0.207. The van der Waals surface area contributed by atoms with Gasteiger partial charge in [-0.1, -0.05) is 13.8 Å². The number of hydrogen-bond donors (Lipinski definition) is 2. The van der Waals surface area contributed by atoms with Crippen LogP contribution < -0.4 is 5.32 Å². The van der Waals surface area contributed by atoms with E-state index in [1.807, 2.05) is 24.6 Å². The Kier molecular flexibility index (Phi) is 4.52. The minimum Gasteiger partial charge on any atom is -0.480 e. The Morgan fingerprint density at radius 2 is 2.15 bits per heavy atom. The third-order valence-corrected chi connectivity index (χ3v) is 3.73. The third-order valence-electron chi connectivity index (χ3n) is 3.30. The maximum atomic E-state index is 12.3. The fraction of sp³-hybridized carbons (Fsp3) is 0.571. The van der Waals surface area contributed by atoms with Crippen molar-refractivity contribution in [1.82, 2.24) is 9.88 Å². The van der Waals surface area contributed by atoms with E-state index in [-0.39, 0.29) is 11.8 Å². The number of carboxylic acids is 1. The van der Waals surface area contributed by atoms with E-state index >= 15 is 0 Å². The maximum absolute atomic E-state index is 12.3. The average Bonchev–Trinajstić information content (AvgIpc) is 3.10. The van der Waals surface area contributed by atoms with Gasteiger partial charge in [0.05, 0.1) is 0 Å². The van der Waals surface area contributed by atoms with Gasteiger partial charge in [-0.15, -0.1) is 0 Å². The SMILES string of the molecule is CC(C)CC(NC(=O)c1cc(Br)cn1C1CC1)C(=O)O. The van der Waals surface area contributed by atoms with Crippen molar-refractivity contribution in [3.05, 3.63) is 22.4 Å². The van der Waals surface area contributed by atoms with Crippen molar-refractivity contribution in [2.75, 3.05) is 0 Å². The van der Waals surface area contributed by atoms with Crippen molar-refractivity contribution in [1.29, 1.82) is 0 Å². The highest BCUT2D eigenvalue weighted by Crippen LogP contribution is 2.37. The van der Waals surface area contributed by atoms with E-state index in [1.54, 1.807) is 6.07 Å². The van der Waals surface area contributed by atoms with E-state index in [0.717, 1.165) is 17.3 Å². The molecule has 2 N–H and O–H groups in total. The number of nitrogens with one attached hydrogen (secondary N) is 1. The average molecular weight is 343 g/mol. The number of carboxylic acid groups (broad SMARTS) is 1. The molecule has 1 aliphatic carbocycles. The molecule has 1 aromatic heterocycles. The van der Waals surface area contributed by atoms with Gasteiger partial charge in [0.25, 0.3) is 5.91 Å². The highest BCUT2D eigenvalue weighted by atomic mass is 79.9. The van der Waals surface area contributed by atoms with E-state index in [9.17, 15) is 14.7 Å². The van der Waals surface area contributed by atoms with Gasteiger partial charge in [-0.3, -0.25) is 4.79 Å². The standard InChI is InChI=1S/C14H19BrN2O3/c1-8(2)5-11(14(19)20)16-13(18)12-6-9(15)7-17(12)10-3-4-10/h6-8,10-11H,3-5H2,1-2H3,(H,16,18)(H,19,20). The Morgan fingerprint density at radius 3 is 2.65 bits per heavy atom. The molecule has 1 heterocycles. The third kappa shape index (κ3) is 3.62. The molecule has 1 saturated carbocycles. The summed E-state index contributed by atoms with van der Waals surface area (Å²) in [4.78, 5) is 23.5. The summed E-state index contributed by atoms with van der Waals surface area (Å²) < 4.78 is 2.76. The van der Waals surface area contributed by atoms with Crippen LogP contribution in [0.3, 0.4) is 0 Å². The van der Waals surface area contributed by atoms with E-state index in [0.29, 0.717) is 18.2 Å². The monoisotopic (exact) mass is 342 g/mol. The number of rotatable bonds is 6. The van der Waals surface area contributed by atoms with Crippen LogP contribution in [0.4, 0.5) is 0 Å². The van der Waals surface area contributed by atoms with Crippen molar-refractivity contribution < 1.29 is 14.7 Å². The summed E-state index contributed by atoms with van der Waals surface area (Å²) in [6.07, 6.45) is 4.43. The van der Waals surface area contributed by atoms with Crippen molar-refractivity contribution in [2.45, 2.75) is 45.2 Å². The Hall–Kier alpha value is -1.30. The van der Waals surface area contributed by atoms with Crippen LogP contribution in [0, 0.1) is 5.92 Å². The molecule has 1 fully saturated rings. The predicted octanol–water partition coefficient (Wildman–Crippen LogP) is 2.81. The number of amides is 1. The molecule has 0 spiro atoms. The fourth-order valence-corrected chi connectivity index (χ4v) is 2.64. The van der Waals surface area contributed by atoms with Gasteiger partial charge in [-0.25, -0.2) is 4.79 Å². The molecule has 0 bridgehead atoms. The molecular formula is C14H19BrN2O3. The Labute approximate surface area is 126 Å². The van der Waals surface area contributed by atoms with E-state index in [1.165, 1.54) is 0 Å². The van der Waals surface area contributed by atoms with Gasteiger partial charge in [-0.2, -0.15) is 0 Å². The van der Waals surface area contributed by atoms with Gasteiger partial charge in [0.1, 0.15) is 11.7 Å². The summed E-state index contributed by atoms with van der Waals surface area (Å²) in [6, 6.07) is 1.27. The van der Waals surface area contributed by atoms with Crippen LogP contribution in [-0.2, 0) is 4.79 Å². The Morgan fingerprint density at radius 1 is 1.50 bits per heavy atom. The molecule has 0 saturated heterocycles. The molecule has 1 aromatic rings.